The second-order valence-corrected chi connectivity index (χ2v) is 3.96. The first-order valence-corrected chi connectivity index (χ1v) is 5.58. The van der Waals surface area contributed by atoms with Gasteiger partial charge in [0.1, 0.15) is 11.6 Å². The summed E-state index contributed by atoms with van der Waals surface area (Å²) in [6.45, 7) is 0. The highest BCUT2D eigenvalue weighted by atomic mass is 32.2. The number of benzene rings is 1. The minimum absolute atomic E-state index is 0.153. The van der Waals surface area contributed by atoms with Gasteiger partial charge in [0.05, 0.1) is 0 Å². The third kappa shape index (κ3) is 1.74. The lowest BCUT2D eigenvalue weighted by Gasteiger charge is -2.00. The zero-order chi connectivity index (χ0) is 10.8. The van der Waals surface area contributed by atoms with Gasteiger partial charge in [-0.15, -0.1) is 11.8 Å². The average molecular weight is 216 g/mol. The Morgan fingerprint density at radius 3 is 2.87 bits per heavy atom. The maximum atomic E-state index is 11.3. The van der Waals surface area contributed by atoms with E-state index in [4.69, 9.17) is 5.26 Å². The smallest absolute Gasteiger partial charge is 0.266 e. The van der Waals surface area contributed by atoms with Crippen LogP contribution >= 0.6 is 11.8 Å². The van der Waals surface area contributed by atoms with Crippen molar-refractivity contribution >= 4 is 22.7 Å². The predicted molar refractivity (Wildman–Crippen MR) is 61.1 cm³/mol. The lowest BCUT2D eigenvalue weighted by atomic mass is 10.2. The van der Waals surface area contributed by atoms with Gasteiger partial charge in [-0.1, -0.05) is 0 Å². The van der Waals surface area contributed by atoms with Crippen LogP contribution in [0, 0.1) is 11.3 Å². The summed E-state index contributed by atoms with van der Waals surface area (Å²) in [4.78, 5) is 15.1. The van der Waals surface area contributed by atoms with Crippen molar-refractivity contribution in [1.29, 1.82) is 5.26 Å². The molecule has 0 aliphatic rings. The molecule has 1 aromatic heterocycles. The number of H-pyrrole nitrogens is 1. The summed E-state index contributed by atoms with van der Waals surface area (Å²) in [5, 5.41) is 9.62. The number of aromatic nitrogens is 1. The van der Waals surface area contributed by atoms with E-state index in [1.165, 1.54) is 0 Å². The molecule has 0 aliphatic carbocycles. The molecule has 0 radical (unpaired) electrons. The van der Waals surface area contributed by atoms with E-state index >= 15 is 0 Å². The van der Waals surface area contributed by atoms with Crippen LogP contribution in [0.5, 0.6) is 0 Å². The maximum absolute atomic E-state index is 11.3. The van der Waals surface area contributed by atoms with Gasteiger partial charge < -0.3 is 4.98 Å². The van der Waals surface area contributed by atoms with Crippen molar-refractivity contribution in [3.8, 4) is 6.07 Å². The van der Waals surface area contributed by atoms with Crippen LogP contribution in [0.1, 0.15) is 5.56 Å². The van der Waals surface area contributed by atoms with Crippen LogP contribution in [0.4, 0.5) is 0 Å². The largest absolute Gasteiger partial charge is 0.321 e. The Bertz CT molecular complexity index is 610. The van der Waals surface area contributed by atoms with Crippen molar-refractivity contribution in [1.82, 2.24) is 4.98 Å². The Morgan fingerprint density at radius 2 is 2.20 bits per heavy atom. The van der Waals surface area contributed by atoms with Crippen LogP contribution in [0.25, 0.3) is 10.9 Å². The highest BCUT2D eigenvalue weighted by molar-refractivity contribution is 7.98. The fourth-order valence-corrected chi connectivity index (χ4v) is 1.84. The van der Waals surface area contributed by atoms with E-state index in [2.05, 4.69) is 4.98 Å². The highest BCUT2D eigenvalue weighted by Crippen LogP contribution is 2.20. The number of aromatic amines is 1. The molecule has 15 heavy (non-hydrogen) atoms. The van der Waals surface area contributed by atoms with Crippen molar-refractivity contribution in [3.63, 3.8) is 0 Å². The number of nitrogens with zero attached hydrogens (tertiary/aromatic N) is 1. The Balaban J connectivity index is 2.78. The van der Waals surface area contributed by atoms with Gasteiger partial charge in [-0.2, -0.15) is 5.26 Å². The molecular formula is C11H8N2OS. The number of fused-ring (bicyclic) bond motifs is 1. The van der Waals surface area contributed by atoms with E-state index in [1.807, 2.05) is 30.5 Å². The first-order valence-electron chi connectivity index (χ1n) is 4.36. The van der Waals surface area contributed by atoms with Gasteiger partial charge in [-0.05, 0) is 30.5 Å². The Kier molecular flexibility index (Phi) is 2.48. The molecular weight excluding hydrogens is 208 g/mol. The van der Waals surface area contributed by atoms with Gasteiger partial charge in [0.25, 0.3) is 5.56 Å². The highest BCUT2D eigenvalue weighted by Gasteiger charge is 2.02. The SMILES string of the molecule is CSc1ccc2[nH]c(=O)c(C#N)cc2c1. The molecule has 4 heteroatoms. The van der Waals surface area contributed by atoms with Gasteiger partial charge in [-0.25, -0.2) is 0 Å². The molecule has 3 nitrogen and oxygen atoms in total. The summed E-state index contributed by atoms with van der Waals surface area (Å²) in [5.74, 6) is 0. The van der Waals surface area contributed by atoms with E-state index in [9.17, 15) is 4.79 Å². The lowest BCUT2D eigenvalue weighted by molar-refractivity contribution is 1.27. The van der Waals surface area contributed by atoms with Crippen molar-refractivity contribution in [2.24, 2.45) is 0 Å². The fourth-order valence-electron chi connectivity index (χ4n) is 1.39. The Labute approximate surface area is 90.7 Å². The summed E-state index contributed by atoms with van der Waals surface area (Å²) >= 11 is 1.63. The number of nitriles is 1. The summed E-state index contributed by atoms with van der Waals surface area (Å²) in [5.41, 5.74) is 0.583. The average Bonchev–Trinajstić information content (AvgIpc) is 2.27. The van der Waals surface area contributed by atoms with Crippen LogP contribution in [0.2, 0.25) is 0 Å². The standard InChI is InChI=1S/C11H8N2OS/c1-15-9-2-3-10-7(5-9)4-8(6-12)11(14)13-10/h2-5H,1H3,(H,13,14). The number of hydrogen-bond acceptors (Lipinski definition) is 3. The van der Waals surface area contributed by atoms with E-state index in [1.54, 1.807) is 17.8 Å². The van der Waals surface area contributed by atoms with E-state index in [0.717, 1.165) is 15.8 Å². The molecule has 2 rings (SSSR count). The molecule has 0 saturated carbocycles. The second-order valence-electron chi connectivity index (χ2n) is 3.08. The third-order valence-electron chi connectivity index (χ3n) is 2.17. The van der Waals surface area contributed by atoms with Crippen LogP contribution in [-0.2, 0) is 0 Å². The zero-order valence-corrected chi connectivity index (χ0v) is 8.89. The zero-order valence-electron chi connectivity index (χ0n) is 8.07. The van der Waals surface area contributed by atoms with Crippen molar-refractivity contribution in [3.05, 3.63) is 40.2 Å². The molecule has 2 aromatic rings. The fraction of sp³-hybridized carbons (Fsp3) is 0.0909. The Morgan fingerprint density at radius 1 is 1.40 bits per heavy atom. The number of thioether (sulfide) groups is 1. The van der Waals surface area contributed by atoms with Gasteiger partial charge >= 0.3 is 0 Å². The van der Waals surface area contributed by atoms with E-state index in [-0.39, 0.29) is 11.1 Å². The number of pyridine rings is 1. The molecule has 0 fully saturated rings. The Hall–Kier alpha value is -1.73. The first-order chi connectivity index (χ1) is 7.24. The number of nitrogens with one attached hydrogen (secondary N) is 1. The molecule has 0 amide bonds. The normalized spacial score (nSPS) is 10.1. The second kappa shape index (κ2) is 3.79. The number of rotatable bonds is 1. The predicted octanol–water partition coefficient (Wildman–Crippen LogP) is 2.12. The number of hydrogen-bond donors (Lipinski definition) is 1. The molecule has 0 unspecified atom stereocenters. The summed E-state index contributed by atoms with van der Waals surface area (Å²) in [6.07, 6.45) is 1.98. The molecule has 0 aliphatic heterocycles. The van der Waals surface area contributed by atoms with Crippen molar-refractivity contribution < 1.29 is 0 Å². The topological polar surface area (TPSA) is 56.6 Å². The monoisotopic (exact) mass is 216 g/mol. The van der Waals surface area contributed by atoms with Gasteiger partial charge in [0, 0.05) is 15.8 Å². The van der Waals surface area contributed by atoms with Crippen LogP contribution in [0.3, 0.4) is 0 Å². The van der Waals surface area contributed by atoms with Crippen LogP contribution in [0.15, 0.2) is 34.0 Å². The maximum Gasteiger partial charge on any atom is 0.266 e. The molecule has 1 aromatic carbocycles. The minimum Gasteiger partial charge on any atom is -0.321 e. The minimum atomic E-state index is -0.332. The molecule has 0 atom stereocenters. The van der Waals surface area contributed by atoms with E-state index in [0.29, 0.717) is 0 Å². The molecule has 1 N–H and O–H groups in total. The van der Waals surface area contributed by atoms with Crippen molar-refractivity contribution in [2.75, 3.05) is 6.26 Å². The molecule has 74 valence electrons. The third-order valence-corrected chi connectivity index (χ3v) is 2.90. The van der Waals surface area contributed by atoms with Crippen LogP contribution in [-0.4, -0.2) is 11.2 Å². The molecule has 0 spiro atoms. The van der Waals surface area contributed by atoms with Crippen molar-refractivity contribution in [2.45, 2.75) is 4.90 Å². The molecule has 0 saturated heterocycles. The van der Waals surface area contributed by atoms with Gasteiger partial charge in [0.2, 0.25) is 0 Å². The summed E-state index contributed by atoms with van der Waals surface area (Å²) in [7, 11) is 0. The quantitative estimate of drug-likeness (QED) is 0.743. The molecule has 0 bridgehead atoms. The lowest BCUT2D eigenvalue weighted by Crippen LogP contribution is -2.09. The van der Waals surface area contributed by atoms with Crippen LogP contribution < -0.4 is 5.56 Å². The molecule has 1 heterocycles. The summed E-state index contributed by atoms with van der Waals surface area (Å²) < 4.78 is 0. The van der Waals surface area contributed by atoms with Gasteiger partial charge in [-0.3, -0.25) is 4.79 Å². The summed E-state index contributed by atoms with van der Waals surface area (Å²) in [6, 6.07) is 9.24. The van der Waals surface area contributed by atoms with Gasteiger partial charge in [0.15, 0.2) is 0 Å². The first kappa shape index (κ1) is 9.81. The van der Waals surface area contributed by atoms with E-state index < -0.39 is 0 Å².